The molecule has 2 aromatic rings. The maximum atomic E-state index is 13.5. The van der Waals surface area contributed by atoms with Crippen molar-refractivity contribution in [3.63, 3.8) is 0 Å². The van der Waals surface area contributed by atoms with Crippen molar-refractivity contribution >= 4 is 22.0 Å². The van der Waals surface area contributed by atoms with Crippen LogP contribution in [0.1, 0.15) is 32.0 Å². The van der Waals surface area contributed by atoms with Gasteiger partial charge in [-0.3, -0.25) is 9.78 Å². The maximum Gasteiger partial charge on any atom is 0.247 e. The van der Waals surface area contributed by atoms with Crippen molar-refractivity contribution in [1.82, 2.24) is 14.2 Å². The number of allylic oxidation sites excluding steroid dienone is 1. The molecule has 2 heterocycles. The lowest BCUT2D eigenvalue weighted by atomic mass is 10.0. The second kappa shape index (κ2) is 11.1. The van der Waals surface area contributed by atoms with Gasteiger partial charge in [0.1, 0.15) is 16.7 Å². The Balaban J connectivity index is 1.94. The molecule has 0 unspecified atom stereocenters. The molecule has 184 valence electrons. The molecule has 1 aromatic carbocycles. The molecule has 0 fully saturated rings. The molecule has 3 atom stereocenters. The molecule has 8 nitrogen and oxygen atoms in total. The van der Waals surface area contributed by atoms with E-state index in [-0.39, 0.29) is 48.6 Å². The number of hydrogen-bond acceptors (Lipinski definition) is 6. The fourth-order valence-electron chi connectivity index (χ4n) is 3.92. The van der Waals surface area contributed by atoms with Crippen LogP contribution in [0.4, 0.5) is 0 Å². The lowest BCUT2D eigenvalue weighted by Crippen LogP contribution is -2.50. The minimum Gasteiger partial charge on any atom is -0.487 e. The van der Waals surface area contributed by atoms with Crippen LogP contribution >= 0.6 is 0 Å². The predicted molar refractivity (Wildman–Crippen MR) is 131 cm³/mol. The number of carbonyl (C=O) groups is 1. The van der Waals surface area contributed by atoms with Crippen molar-refractivity contribution in [2.45, 2.75) is 44.2 Å². The highest BCUT2D eigenvalue weighted by molar-refractivity contribution is 7.89. The first-order valence-corrected chi connectivity index (χ1v) is 12.8. The lowest BCUT2D eigenvalue weighted by Gasteiger charge is -2.37. The van der Waals surface area contributed by atoms with Gasteiger partial charge in [-0.15, -0.1) is 0 Å². The van der Waals surface area contributed by atoms with Gasteiger partial charge in [0, 0.05) is 37.4 Å². The van der Waals surface area contributed by atoms with Gasteiger partial charge in [0.15, 0.2) is 0 Å². The number of aliphatic hydroxyl groups excluding tert-OH is 1. The number of amides is 1. The summed E-state index contributed by atoms with van der Waals surface area (Å²) in [6, 6.07) is 9.82. The molecule has 3 rings (SSSR count). The van der Waals surface area contributed by atoms with Crippen LogP contribution in [0.2, 0.25) is 0 Å². The van der Waals surface area contributed by atoms with E-state index in [0.717, 1.165) is 5.56 Å². The molecule has 0 spiro atoms. The van der Waals surface area contributed by atoms with Crippen molar-refractivity contribution in [3.05, 3.63) is 59.9 Å². The Hall–Kier alpha value is -2.75. The van der Waals surface area contributed by atoms with E-state index >= 15 is 0 Å². The molecule has 0 radical (unpaired) electrons. The molecule has 0 aliphatic carbocycles. The Morgan fingerprint density at radius 2 is 2.12 bits per heavy atom. The summed E-state index contributed by atoms with van der Waals surface area (Å²) in [4.78, 5) is 18.7. The van der Waals surface area contributed by atoms with Gasteiger partial charge in [-0.25, -0.2) is 8.42 Å². The number of sulfonamides is 1. The molecule has 1 aliphatic heterocycles. The molecule has 0 saturated heterocycles. The number of hydrogen-bond donors (Lipinski definition) is 1. The van der Waals surface area contributed by atoms with Gasteiger partial charge in [-0.1, -0.05) is 31.2 Å². The maximum absolute atomic E-state index is 13.5. The van der Waals surface area contributed by atoms with Crippen molar-refractivity contribution in [2.24, 2.45) is 5.92 Å². The number of ether oxygens (including phenoxy) is 1. The molecule has 34 heavy (non-hydrogen) atoms. The summed E-state index contributed by atoms with van der Waals surface area (Å²) in [6.45, 7) is 5.60. The largest absolute Gasteiger partial charge is 0.487 e. The quantitative estimate of drug-likeness (QED) is 0.644. The van der Waals surface area contributed by atoms with Crippen molar-refractivity contribution in [1.29, 1.82) is 0 Å². The second-order valence-electron chi connectivity index (χ2n) is 8.72. The molecular weight excluding hydrogens is 454 g/mol. The number of fused-ring (bicyclic) bond motifs is 1. The van der Waals surface area contributed by atoms with E-state index in [1.165, 1.54) is 4.31 Å². The fourth-order valence-corrected chi connectivity index (χ4v) is 5.75. The van der Waals surface area contributed by atoms with E-state index < -0.39 is 22.2 Å². The van der Waals surface area contributed by atoms with Gasteiger partial charge < -0.3 is 14.7 Å². The molecule has 1 aromatic heterocycles. The topological polar surface area (TPSA) is 100 Å². The van der Waals surface area contributed by atoms with Gasteiger partial charge in [-0.2, -0.15) is 4.31 Å². The Morgan fingerprint density at radius 3 is 2.76 bits per heavy atom. The fraction of sp³-hybridized carbons (Fsp3) is 0.440. The van der Waals surface area contributed by atoms with Gasteiger partial charge in [0.2, 0.25) is 15.9 Å². The molecule has 1 aliphatic rings. The zero-order valence-electron chi connectivity index (χ0n) is 20.1. The number of nitrogens with zero attached hydrogens (tertiary/aromatic N) is 3. The van der Waals surface area contributed by atoms with Crippen LogP contribution < -0.4 is 4.74 Å². The molecule has 0 saturated carbocycles. The highest BCUT2D eigenvalue weighted by Gasteiger charge is 2.38. The standard InChI is InChI=1S/C25H33N3O5S/c1-5-8-20-10-11-24-22(13-20)33-23(18(2)15-28(19(3)17-29)34(24,31)32)16-27(4)25(30)14-21-9-6-7-12-26-21/h5-13,18-19,23,29H,14-17H2,1-4H3/b8-5+/t18-,19-,23+/m0/s1. The smallest absolute Gasteiger partial charge is 0.247 e. The Morgan fingerprint density at radius 1 is 1.35 bits per heavy atom. The number of aliphatic hydroxyl groups is 1. The van der Waals surface area contributed by atoms with E-state index in [4.69, 9.17) is 4.74 Å². The van der Waals surface area contributed by atoms with E-state index in [2.05, 4.69) is 4.98 Å². The van der Waals surface area contributed by atoms with Gasteiger partial charge in [0.05, 0.1) is 19.6 Å². The normalized spacial score (nSPS) is 21.2. The van der Waals surface area contributed by atoms with Crippen molar-refractivity contribution < 1.29 is 23.1 Å². The predicted octanol–water partition coefficient (Wildman–Crippen LogP) is 2.58. The third kappa shape index (κ3) is 5.84. The number of pyridine rings is 1. The van der Waals surface area contributed by atoms with Crippen LogP contribution in [0, 0.1) is 5.92 Å². The average Bonchev–Trinajstić information content (AvgIpc) is 2.81. The SMILES string of the molecule is C/C=C/c1ccc2c(c1)O[C@H](CN(C)C(=O)Cc1ccccn1)[C@@H](C)CN([C@@H](C)CO)S2(=O)=O. The van der Waals surface area contributed by atoms with E-state index in [0.29, 0.717) is 5.69 Å². The van der Waals surface area contributed by atoms with Crippen molar-refractivity contribution in [3.8, 4) is 5.75 Å². The average molecular weight is 488 g/mol. The number of benzene rings is 1. The monoisotopic (exact) mass is 487 g/mol. The zero-order chi connectivity index (χ0) is 24.9. The summed E-state index contributed by atoms with van der Waals surface area (Å²) in [5, 5.41) is 9.75. The molecular formula is C25H33N3O5S. The molecule has 1 amide bonds. The summed E-state index contributed by atoms with van der Waals surface area (Å²) in [5.41, 5.74) is 1.49. The van der Waals surface area contributed by atoms with Gasteiger partial charge in [-0.05, 0) is 43.7 Å². The molecule has 0 bridgehead atoms. The Labute approximate surface area is 201 Å². The zero-order valence-corrected chi connectivity index (χ0v) is 20.9. The van der Waals surface area contributed by atoms with Crippen LogP contribution in [0.3, 0.4) is 0 Å². The number of aromatic nitrogens is 1. The second-order valence-corrected chi connectivity index (χ2v) is 10.6. The van der Waals surface area contributed by atoms with Crippen LogP contribution in [-0.2, 0) is 21.2 Å². The number of rotatable bonds is 7. The molecule has 9 heteroatoms. The summed E-state index contributed by atoms with van der Waals surface area (Å²) in [7, 11) is -2.18. The van der Waals surface area contributed by atoms with Gasteiger partial charge in [0.25, 0.3) is 0 Å². The highest BCUT2D eigenvalue weighted by Crippen LogP contribution is 2.34. The molecule has 1 N–H and O–H groups in total. The number of carbonyl (C=O) groups excluding carboxylic acids is 1. The number of likely N-dealkylation sites (N-methyl/N-ethyl adjacent to an activating group) is 1. The van der Waals surface area contributed by atoms with E-state index in [1.54, 1.807) is 55.4 Å². The summed E-state index contributed by atoms with van der Waals surface area (Å²) >= 11 is 0. The highest BCUT2D eigenvalue weighted by atomic mass is 32.2. The van der Waals surface area contributed by atoms with Gasteiger partial charge >= 0.3 is 0 Å². The van der Waals surface area contributed by atoms with E-state index in [9.17, 15) is 18.3 Å². The van der Waals surface area contributed by atoms with Crippen LogP contribution in [-0.4, -0.2) is 72.5 Å². The third-order valence-electron chi connectivity index (χ3n) is 5.99. The summed E-state index contributed by atoms with van der Waals surface area (Å²) in [6.07, 6.45) is 5.09. The van der Waals surface area contributed by atoms with E-state index in [1.807, 2.05) is 32.1 Å². The van der Waals surface area contributed by atoms with Crippen LogP contribution in [0.5, 0.6) is 5.75 Å². The van der Waals surface area contributed by atoms with Crippen LogP contribution in [0.15, 0.2) is 53.6 Å². The summed E-state index contributed by atoms with van der Waals surface area (Å²) in [5.74, 6) is -0.104. The first-order valence-electron chi connectivity index (χ1n) is 11.4. The first kappa shape index (κ1) is 25.9. The van der Waals surface area contributed by atoms with Crippen LogP contribution in [0.25, 0.3) is 6.08 Å². The van der Waals surface area contributed by atoms with Crippen molar-refractivity contribution in [2.75, 3.05) is 26.7 Å². The summed E-state index contributed by atoms with van der Waals surface area (Å²) < 4.78 is 34.6. The first-order chi connectivity index (χ1) is 16.2. The Bertz CT molecular complexity index is 1120. The minimum absolute atomic E-state index is 0.0559. The Kier molecular flexibility index (Phi) is 8.46. The minimum atomic E-state index is -3.89. The lowest BCUT2D eigenvalue weighted by molar-refractivity contribution is -0.130. The third-order valence-corrected chi connectivity index (χ3v) is 8.01.